The van der Waals surface area contributed by atoms with Crippen molar-refractivity contribution in [3.63, 3.8) is 0 Å². The lowest BCUT2D eigenvalue weighted by Gasteiger charge is -2.14. The van der Waals surface area contributed by atoms with Gasteiger partial charge in [0, 0.05) is 16.8 Å². The van der Waals surface area contributed by atoms with Gasteiger partial charge in [0.1, 0.15) is 12.1 Å². The van der Waals surface area contributed by atoms with Gasteiger partial charge in [0.25, 0.3) is 15.7 Å². The number of nitro benzene ring substituents is 1. The van der Waals surface area contributed by atoms with Crippen LogP contribution in [0.5, 0.6) is 5.75 Å². The third-order valence-electron chi connectivity index (χ3n) is 4.17. The second-order valence-corrected chi connectivity index (χ2v) is 8.69. The average molecular weight is 443 g/mol. The first-order valence-corrected chi connectivity index (χ1v) is 10.7. The molecule has 0 aliphatic rings. The largest absolute Gasteiger partial charge is 0.506 e. The van der Waals surface area contributed by atoms with Gasteiger partial charge < -0.3 is 5.11 Å². The molecule has 4 rings (SSSR count). The van der Waals surface area contributed by atoms with Gasteiger partial charge in [-0.3, -0.25) is 19.9 Å². The number of nitro groups is 1. The van der Waals surface area contributed by atoms with Crippen LogP contribution < -0.4 is 4.72 Å². The van der Waals surface area contributed by atoms with Crippen LogP contribution in [0.2, 0.25) is 0 Å². The first-order chi connectivity index (χ1) is 14.4. The van der Waals surface area contributed by atoms with Crippen molar-refractivity contribution in [2.75, 3.05) is 4.72 Å². The van der Waals surface area contributed by atoms with Gasteiger partial charge in [0.2, 0.25) is 5.16 Å². The van der Waals surface area contributed by atoms with E-state index in [2.05, 4.69) is 19.9 Å². The van der Waals surface area contributed by atoms with Crippen molar-refractivity contribution in [1.29, 1.82) is 0 Å². The van der Waals surface area contributed by atoms with Crippen LogP contribution in [-0.2, 0) is 10.0 Å². The van der Waals surface area contributed by atoms with E-state index in [0.717, 1.165) is 23.9 Å². The summed E-state index contributed by atoms with van der Waals surface area (Å²) >= 11 is 1.03. The number of aromatic hydroxyl groups is 1. The second-order valence-electron chi connectivity index (χ2n) is 6.03. The molecule has 0 amide bonds. The Labute approximate surface area is 174 Å². The Balaban J connectivity index is 1.84. The van der Waals surface area contributed by atoms with Crippen LogP contribution in [0.4, 0.5) is 11.4 Å². The Kier molecular flexibility index (Phi) is 5.01. The van der Waals surface area contributed by atoms with Crippen molar-refractivity contribution in [2.24, 2.45) is 0 Å². The van der Waals surface area contributed by atoms with E-state index < -0.39 is 25.5 Å². The summed E-state index contributed by atoms with van der Waals surface area (Å²) in [7, 11) is -4.29. The molecular formula is C18H13N5O5S2. The quantitative estimate of drug-likeness (QED) is 0.233. The topological polar surface area (TPSA) is 151 Å². The van der Waals surface area contributed by atoms with Crippen LogP contribution in [0.3, 0.4) is 0 Å². The van der Waals surface area contributed by atoms with Gasteiger partial charge in [-0.25, -0.2) is 13.4 Å². The number of fused-ring (bicyclic) bond motifs is 1. The molecule has 0 aliphatic heterocycles. The van der Waals surface area contributed by atoms with Crippen molar-refractivity contribution in [1.82, 2.24) is 15.2 Å². The smallest absolute Gasteiger partial charge is 0.289 e. The van der Waals surface area contributed by atoms with Crippen LogP contribution in [0.15, 0.2) is 75.9 Å². The molecule has 0 fully saturated rings. The van der Waals surface area contributed by atoms with Crippen LogP contribution >= 0.6 is 11.8 Å². The number of sulfonamides is 1. The molecule has 4 aromatic rings. The Morgan fingerprint density at radius 1 is 1.10 bits per heavy atom. The molecule has 1 heterocycles. The molecule has 0 unspecified atom stereocenters. The van der Waals surface area contributed by atoms with Gasteiger partial charge in [-0.1, -0.05) is 36.4 Å². The van der Waals surface area contributed by atoms with Crippen molar-refractivity contribution >= 4 is 43.9 Å². The summed E-state index contributed by atoms with van der Waals surface area (Å²) < 4.78 is 28.4. The molecule has 3 aromatic carbocycles. The molecule has 10 nitrogen and oxygen atoms in total. The van der Waals surface area contributed by atoms with Crippen LogP contribution in [0.25, 0.3) is 10.8 Å². The highest BCUT2D eigenvalue weighted by Crippen LogP contribution is 2.42. The number of rotatable bonds is 6. The predicted octanol–water partition coefficient (Wildman–Crippen LogP) is 3.52. The summed E-state index contributed by atoms with van der Waals surface area (Å²) in [6.45, 7) is 0. The number of benzene rings is 3. The molecule has 0 saturated heterocycles. The first kappa shape index (κ1) is 19.7. The molecule has 12 heteroatoms. The van der Waals surface area contributed by atoms with Crippen LogP contribution in [-0.4, -0.2) is 33.6 Å². The molecule has 0 bridgehead atoms. The number of anilines is 1. The fourth-order valence-electron chi connectivity index (χ4n) is 2.88. The van der Waals surface area contributed by atoms with E-state index in [-0.39, 0.29) is 11.4 Å². The van der Waals surface area contributed by atoms with E-state index in [1.54, 1.807) is 24.3 Å². The normalized spacial score (nSPS) is 11.5. The molecule has 152 valence electrons. The highest BCUT2D eigenvalue weighted by Gasteiger charge is 2.26. The zero-order chi connectivity index (χ0) is 21.3. The van der Waals surface area contributed by atoms with Crippen molar-refractivity contribution in [2.45, 2.75) is 14.9 Å². The summed E-state index contributed by atoms with van der Waals surface area (Å²) in [5.41, 5.74) is -0.386. The van der Waals surface area contributed by atoms with E-state index in [9.17, 15) is 23.6 Å². The zero-order valence-electron chi connectivity index (χ0n) is 15.0. The number of hydrogen-bond acceptors (Lipinski definition) is 8. The number of nitrogens with one attached hydrogen (secondary N) is 2. The van der Waals surface area contributed by atoms with Gasteiger partial charge in [-0.05, 0) is 23.9 Å². The maximum absolute atomic E-state index is 13.0. The zero-order valence-corrected chi connectivity index (χ0v) is 16.6. The molecule has 0 radical (unpaired) electrons. The number of para-hydroxylation sites is 1. The minimum Gasteiger partial charge on any atom is -0.506 e. The number of phenolic OH excluding ortho intramolecular Hbond substituents is 1. The highest BCUT2D eigenvalue weighted by molar-refractivity contribution is 7.99. The molecule has 0 spiro atoms. The molecule has 3 N–H and O–H groups in total. The molecule has 0 saturated carbocycles. The third-order valence-corrected chi connectivity index (χ3v) is 6.49. The number of phenols is 1. The lowest BCUT2D eigenvalue weighted by atomic mass is 10.1. The van der Waals surface area contributed by atoms with E-state index in [1.165, 1.54) is 24.5 Å². The average Bonchev–Trinajstić information content (AvgIpc) is 3.24. The fraction of sp³-hybridized carbons (Fsp3) is 0. The minimum atomic E-state index is -4.29. The van der Waals surface area contributed by atoms with E-state index in [0.29, 0.717) is 20.8 Å². The third kappa shape index (κ3) is 3.65. The van der Waals surface area contributed by atoms with Crippen molar-refractivity contribution in [3.05, 3.63) is 71.0 Å². The minimum absolute atomic E-state index is 0.0611. The van der Waals surface area contributed by atoms with E-state index in [4.69, 9.17) is 0 Å². The van der Waals surface area contributed by atoms with Crippen molar-refractivity contribution < 1.29 is 18.4 Å². The van der Waals surface area contributed by atoms with E-state index >= 15 is 0 Å². The second kappa shape index (κ2) is 7.65. The first-order valence-electron chi connectivity index (χ1n) is 8.41. The molecular weight excluding hydrogens is 430 g/mol. The Bertz CT molecular complexity index is 1360. The molecule has 0 atom stereocenters. The summed E-state index contributed by atoms with van der Waals surface area (Å²) in [6.07, 6.45) is 1.37. The monoisotopic (exact) mass is 443 g/mol. The maximum atomic E-state index is 13.0. The Hall–Kier alpha value is -3.64. The maximum Gasteiger partial charge on any atom is 0.289 e. The highest BCUT2D eigenvalue weighted by atomic mass is 32.2. The van der Waals surface area contributed by atoms with Crippen LogP contribution in [0.1, 0.15) is 0 Å². The van der Waals surface area contributed by atoms with E-state index in [1.807, 2.05) is 0 Å². The Morgan fingerprint density at radius 3 is 2.50 bits per heavy atom. The van der Waals surface area contributed by atoms with Crippen LogP contribution in [0, 0.1) is 10.1 Å². The predicted molar refractivity (Wildman–Crippen MR) is 110 cm³/mol. The SMILES string of the molecule is O=[N+]([O-])c1ccccc1S(=O)(=O)Nc1cc(Sc2nc[nH]n2)c(O)c2ccccc12. The summed E-state index contributed by atoms with van der Waals surface area (Å²) in [4.78, 5) is 14.4. The van der Waals surface area contributed by atoms with Gasteiger partial charge in [-0.15, -0.1) is 5.10 Å². The number of aromatic amines is 1. The van der Waals surface area contributed by atoms with Gasteiger partial charge in [-0.2, -0.15) is 0 Å². The number of hydrogen-bond donors (Lipinski definition) is 3. The molecule has 0 aliphatic carbocycles. The number of aromatic nitrogens is 3. The number of H-pyrrole nitrogens is 1. The van der Waals surface area contributed by atoms with Crippen molar-refractivity contribution in [3.8, 4) is 5.75 Å². The summed E-state index contributed by atoms with van der Waals surface area (Å²) in [6, 6.07) is 13.2. The molecule has 30 heavy (non-hydrogen) atoms. The van der Waals surface area contributed by atoms with Gasteiger partial charge in [0.05, 0.1) is 15.5 Å². The Morgan fingerprint density at radius 2 is 1.80 bits per heavy atom. The lowest BCUT2D eigenvalue weighted by molar-refractivity contribution is -0.387. The number of nitrogens with zero attached hydrogens (tertiary/aromatic N) is 3. The standard InChI is InChI=1S/C18H13N5O5S2/c24-17-12-6-2-1-5-11(12)13(9-15(17)29-18-19-10-20-21-18)22-30(27,28)16-8-4-3-7-14(16)23(25)26/h1-10,22,24H,(H,19,20,21). The summed E-state index contributed by atoms with van der Waals surface area (Å²) in [5, 5.41) is 29.6. The molecule has 1 aromatic heterocycles. The lowest BCUT2D eigenvalue weighted by Crippen LogP contribution is -2.15. The van der Waals surface area contributed by atoms with Gasteiger partial charge >= 0.3 is 0 Å². The summed E-state index contributed by atoms with van der Waals surface area (Å²) in [5.74, 6) is -0.0611. The van der Waals surface area contributed by atoms with Gasteiger partial charge in [0.15, 0.2) is 4.90 Å². The fourth-order valence-corrected chi connectivity index (χ4v) is 4.90.